The van der Waals surface area contributed by atoms with E-state index in [-0.39, 0.29) is 11.5 Å². The summed E-state index contributed by atoms with van der Waals surface area (Å²) in [5, 5.41) is 11.2. The summed E-state index contributed by atoms with van der Waals surface area (Å²) in [6.45, 7) is 21.7. The number of phenolic OH excluding ortho intramolecular Hbond substituents is 1. The lowest BCUT2D eigenvalue weighted by molar-refractivity contribution is 0.101. The second kappa shape index (κ2) is 24.6. The van der Waals surface area contributed by atoms with E-state index in [1.165, 1.54) is 36.8 Å². The number of phenols is 1. The van der Waals surface area contributed by atoms with Crippen molar-refractivity contribution in [1.29, 1.82) is 0 Å². The standard InChI is InChI=1S/C26H23ClO2.C6H11N.C6H14.2C2H6/c1-16-6-8-18(9-7-16)26-22-12-10-19(17(2)28)14-20(22)4-3-5-24(26)23-13-11-21(27)15-25(23)29;1-3-4-5-6(2)7;1-3-5-6-4-2;2*1-2/h6-15,29H,3-5H2,1-2H3;4-5H,2-3,7H2,1H3;3-6H2,1-2H3;2*1-2H3/b;5-4+;;;. The number of nitrogens with two attached hydrogens (primary N) is 1. The second-order valence-corrected chi connectivity index (χ2v) is 11.2. The molecule has 0 amide bonds. The smallest absolute Gasteiger partial charge is 0.159 e. The fourth-order valence-corrected chi connectivity index (χ4v) is 5.02. The lowest BCUT2D eigenvalue weighted by Crippen LogP contribution is -2.00. The second-order valence-electron chi connectivity index (χ2n) is 10.8. The predicted molar refractivity (Wildman–Crippen MR) is 205 cm³/mol. The van der Waals surface area contributed by atoms with Gasteiger partial charge in [0.05, 0.1) is 0 Å². The van der Waals surface area contributed by atoms with Crippen LogP contribution in [0.15, 0.2) is 85.1 Å². The molecule has 3 aromatic rings. The van der Waals surface area contributed by atoms with Crippen molar-refractivity contribution < 1.29 is 9.90 Å². The summed E-state index contributed by atoms with van der Waals surface area (Å²) in [5.74, 6) is 0.273. The number of hydrogen-bond donors (Lipinski definition) is 2. The fourth-order valence-electron chi connectivity index (χ4n) is 4.86. The molecule has 3 nitrogen and oxygen atoms in total. The minimum absolute atomic E-state index is 0.0773. The molecule has 3 N–H and O–H groups in total. The molecule has 0 unspecified atom stereocenters. The predicted octanol–water partition coefficient (Wildman–Crippen LogP) is 12.9. The number of hydrogen-bond acceptors (Lipinski definition) is 3. The van der Waals surface area contributed by atoms with E-state index in [4.69, 9.17) is 17.3 Å². The van der Waals surface area contributed by atoms with Crippen LogP contribution in [0.1, 0.15) is 139 Å². The highest BCUT2D eigenvalue weighted by Gasteiger charge is 2.22. The summed E-state index contributed by atoms with van der Waals surface area (Å²) in [4.78, 5) is 11.9. The molecule has 0 radical (unpaired) electrons. The quantitative estimate of drug-likeness (QED) is 0.145. The van der Waals surface area contributed by atoms with Gasteiger partial charge in [0, 0.05) is 21.8 Å². The third-order valence-corrected chi connectivity index (χ3v) is 7.34. The first kappa shape index (κ1) is 42.4. The zero-order chi connectivity index (χ0) is 35.1. The monoisotopic (exact) mass is 645 g/mol. The Morgan fingerprint density at radius 3 is 1.96 bits per heavy atom. The van der Waals surface area contributed by atoms with Crippen LogP contribution in [0.3, 0.4) is 0 Å². The van der Waals surface area contributed by atoms with Crippen LogP contribution in [0, 0.1) is 6.92 Å². The van der Waals surface area contributed by atoms with Crippen LogP contribution in [0.2, 0.25) is 5.02 Å². The van der Waals surface area contributed by atoms with E-state index in [2.05, 4.69) is 64.6 Å². The van der Waals surface area contributed by atoms with Gasteiger partial charge >= 0.3 is 0 Å². The number of Topliss-reactive ketones (excluding diaryl/α,β-unsaturated/α-hetero) is 1. The van der Waals surface area contributed by atoms with Crippen molar-refractivity contribution in [3.63, 3.8) is 0 Å². The first-order valence-electron chi connectivity index (χ1n) is 17.2. The van der Waals surface area contributed by atoms with Gasteiger partial charge < -0.3 is 10.8 Å². The molecule has 0 saturated carbocycles. The van der Waals surface area contributed by atoms with E-state index < -0.39 is 0 Å². The minimum Gasteiger partial charge on any atom is -0.507 e. The summed E-state index contributed by atoms with van der Waals surface area (Å²) in [7, 11) is 0. The van der Waals surface area contributed by atoms with Crippen molar-refractivity contribution >= 4 is 28.5 Å². The van der Waals surface area contributed by atoms with Gasteiger partial charge in [-0.05, 0) is 97.7 Å². The highest BCUT2D eigenvalue weighted by Crippen LogP contribution is 2.42. The summed E-state index contributed by atoms with van der Waals surface area (Å²) in [5.41, 5.74) is 14.2. The van der Waals surface area contributed by atoms with Crippen molar-refractivity contribution in [2.75, 3.05) is 0 Å². The first-order valence-corrected chi connectivity index (χ1v) is 17.5. The molecule has 0 aliphatic heterocycles. The maximum absolute atomic E-state index is 11.9. The summed E-state index contributed by atoms with van der Waals surface area (Å²) >= 11 is 6.08. The largest absolute Gasteiger partial charge is 0.507 e. The van der Waals surface area contributed by atoms with Gasteiger partial charge in [-0.1, -0.05) is 140 Å². The number of aromatic hydroxyl groups is 1. The molecule has 0 bridgehead atoms. The normalized spacial score (nSPS) is 11.6. The van der Waals surface area contributed by atoms with Gasteiger partial charge in [-0.3, -0.25) is 4.79 Å². The third-order valence-electron chi connectivity index (χ3n) is 7.11. The molecule has 0 aromatic heterocycles. The molecule has 4 rings (SSSR count). The maximum Gasteiger partial charge on any atom is 0.159 e. The van der Waals surface area contributed by atoms with E-state index in [1.807, 2.05) is 58.0 Å². The van der Waals surface area contributed by atoms with Gasteiger partial charge in [-0.2, -0.15) is 0 Å². The molecule has 0 spiro atoms. The summed E-state index contributed by atoms with van der Waals surface area (Å²) in [6.07, 6.45) is 13.0. The Kier molecular flexibility index (Phi) is 22.7. The molecule has 0 atom stereocenters. The Labute approximate surface area is 286 Å². The number of rotatable bonds is 8. The van der Waals surface area contributed by atoms with E-state index in [1.54, 1.807) is 19.1 Å². The zero-order valence-electron chi connectivity index (χ0n) is 30.1. The molecule has 0 saturated heterocycles. The highest BCUT2D eigenvalue weighted by molar-refractivity contribution is 6.30. The first-order chi connectivity index (χ1) is 22.1. The average molecular weight is 646 g/mol. The third kappa shape index (κ3) is 14.7. The summed E-state index contributed by atoms with van der Waals surface area (Å²) < 4.78 is 0. The maximum atomic E-state index is 11.9. The molecule has 252 valence electrons. The van der Waals surface area contributed by atoms with E-state index in [0.29, 0.717) is 10.7 Å². The van der Waals surface area contributed by atoms with Gasteiger partial charge in [0.25, 0.3) is 0 Å². The molecular formula is C42H60ClNO2. The topological polar surface area (TPSA) is 63.3 Å². The van der Waals surface area contributed by atoms with Crippen molar-refractivity contribution in [2.45, 2.75) is 114 Å². The van der Waals surface area contributed by atoms with Crippen molar-refractivity contribution in [2.24, 2.45) is 5.73 Å². The van der Waals surface area contributed by atoms with Crippen LogP contribution >= 0.6 is 11.6 Å². The molecule has 3 aromatic carbocycles. The van der Waals surface area contributed by atoms with Crippen molar-refractivity contribution in [3.8, 4) is 5.75 Å². The number of fused-ring (bicyclic) bond motifs is 1. The number of ketones is 1. The van der Waals surface area contributed by atoms with Gasteiger partial charge in [-0.25, -0.2) is 0 Å². The number of halogens is 1. The Morgan fingerprint density at radius 2 is 1.48 bits per heavy atom. The Morgan fingerprint density at radius 1 is 0.891 bits per heavy atom. The Bertz CT molecular complexity index is 1380. The average Bonchev–Trinajstić information content (AvgIpc) is 3.25. The molecule has 0 heterocycles. The van der Waals surface area contributed by atoms with Crippen LogP contribution in [0.25, 0.3) is 11.1 Å². The van der Waals surface area contributed by atoms with Crippen LogP contribution in [0.5, 0.6) is 5.75 Å². The highest BCUT2D eigenvalue weighted by atomic mass is 35.5. The van der Waals surface area contributed by atoms with Crippen LogP contribution < -0.4 is 5.73 Å². The number of allylic oxidation sites excluding steroid dienone is 3. The van der Waals surface area contributed by atoms with E-state index in [0.717, 1.165) is 59.1 Å². The Hall–Kier alpha value is -3.56. The van der Waals surface area contributed by atoms with E-state index in [9.17, 15) is 9.90 Å². The molecule has 1 aliphatic rings. The molecule has 4 heteroatoms. The van der Waals surface area contributed by atoms with E-state index >= 15 is 0 Å². The lowest BCUT2D eigenvalue weighted by Gasteiger charge is -2.18. The van der Waals surface area contributed by atoms with Gasteiger partial charge in [0.15, 0.2) is 5.78 Å². The number of unbranched alkanes of at least 4 members (excludes halogenated alkanes) is 3. The number of benzene rings is 3. The van der Waals surface area contributed by atoms with Crippen LogP contribution in [-0.4, -0.2) is 10.9 Å². The minimum atomic E-state index is 0.0773. The number of carbonyl (C=O) groups excluding carboxylic acids is 1. The van der Waals surface area contributed by atoms with Crippen molar-refractivity contribution in [3.05, 3.63) is 123 Å². The van der Waals surface area contributed by atoms with Crippen LogP contribution in [-0.2, 0) is 6.42 Å². The zero-order valence-corrected chi connectivity index (χ0v) is 30.9. The Balaban J connectivity index is 0.000000993. The lowest BCUT2D eigenvalue weighted by atomic mass is 9.86. The molecule has 0 fully saturated rings. The number of aryl methyl sites for hydroxylation is 2. The van der Waals surface area contributed by atoms with Crippen molar-refractivity contribution in [1.82, 2.24) is 0 Å². The SMILES string of the molecule is C=C(N)/C=C/CC.CC.CC.CC(=O)c1ccc2c(c1)CCCC(c1ccc(Cl)cc1O)=C2c1ccc(C)cc1.CCCCCC. The number of carbonyl (C=O) groups is 1. The van der Waals surface area contributed by atoms with Gasteiger partial charge in [0.1, 0.15) is 5.75 Å². The molecular weight excluding hydrogens is 586 g/mol. The van der Waals surface area contributed by atoms with Gasteiger partial charge in [-0.15, -0.1) is 0 Å². The van der Waals surface area contributed by atoms with Crippen LogP contribution in [0.4, 0.5) is 0 Å². The van der Waals surface area contributed by atoms with Gasteiger partial charge in [0.2, 0.25) is 0 Å². The summed E-state index contributed by atoms with van der Waals surface area (Å²) in [6, 6.07) is 19.8. The fraction of sp³-hybridized carbons (Fsp3) is 0.405. The molecule has 46 heavy (non-hydrogen) atoms. The molecule has 1 aliphatic carbocycles.